The van der Waals surface area contributed by atoms with E-state index in [1.807, 2.05) is 0 Å². The Morgan fingerprint density at radius 2 is 2.00 bits per heavy atom. The van der Waals surface area contributed by atoms with Gasteiger partial charge in [0.05, 0.1) is 0 Å². The largest absolute Gasteiger partial charge is 0.378 e. The van der Waals surface area contributed by atoms with Crippen molar-refractivity contribution >= 4 is 39.9 Å². The molecule has 0 atom stereocenters. The summed E-state index contributed by atoms with van der Waals surface area (Å²) in [6.45, 7) is 4.30. The summed E-state index contributed by atoms with van der Waals surface area (Å²) in [5.74, 6) is 1.37. The van der Waals surface area contributed by atoms with E-state index in [9.17, 15) is 0 Å². The molecule has 0 radical (unpaired) electrons. The molecule has 78 valence electrons. The van der Waals surface area contributed by atoms with Crippen LogP contribution in [0.3, 0.4) is 0 Å². The molecule has 0 aliphatic carbocycles. The van der Waals surface area contributed by atoms with Crippen molar-refractivity contribution in [2.75, 3.05) is 5.75 Å². The van der Waals surface area contributed by atoms with Gasteiger partial charge in [-0.2, -0.15) is 4.99 Å². The minimum atomic E-state index is -0.232. The molecule has 0 heterocycles. The molecule has 0 rings (SSSR count). The first-order chi connectivity index (χ1) is 5.52. The van der Waals surface area contributed by atoms with Crippen LogP contribution in [0.2, 0.25) is 0 Å². The molecule has 0 spiro atoms. The van der Waals surface area contributed by atoms with Crippen molar-refractivity contribution < 1.29 is 0 Å². The summed E-state index contributed by atoms with van der Waals surface area (Å²) in [5.41, 5.74) is 10.5. The third-order valence-corrected chi connectivity index (χ3v) is 2.00. The fourth-order valence-corrected chi connectivity index (χ4v) is 1.51. The van der Waals surface area contributed by atoms with Gasteiger partial charge in [-0.25, -0.2) is 0 Å². The second kappa shape index (κ2) is 8.37. The van der Waals surface area contributed by atoms with E-state index in [4.69, 9.17) is 16.9 Å². The number of thioether (sulfide) groups is 1. The number of amidine groups is 1. The Hall–Kier alpha value is -0.230. The molecule has 13 heavy (non-hydrogen) atoms. The van der Waals surface area contributed by atoms with Gasteiger partial charge in [0.15, 0.2) is 5.17 Å². The van der Waals surface area contributed by atoms with Gasteiger partial charge < -0.3 is 11.5 Å². The highest BCUT2D eigenvalue weighted by molar-refractivity contribution is 8.93. The molecule has 5 N–H and O–H groups in total. The quantitative estimate of drug-likeness (QED) is 0.536. The first kappa shape index (κ1) is 15.3. The van der Waals surface area contributed by atoms with E-state index >= 15 is 0 Å². The van der Waals surface area contributed by atoms with Gasteiger partial charge >= 0.3 is 0 Å². The summed E-state index contributed by atoms with van der Waals surface area (Å²) in [7, 11) is 0. The minimum absolute atomic E-state index is 0. The number of nitrogens with two attached hydrogens (primary N) is 2. The van der Waals surface area contributed by atoms with Gasteiger partial charge in [-0.3, -0.25) is 5.41 Å². The smallest absolute Gasteiger partial charge is 0.214 e. The predicted octanol–water partition coefficient (Wildman–Crippen LogP) is 1.55. The van der Waals surface area contributed by atoms with Crippen LogP contribution in [0.1, 0.15) is 20.3 Å². The van der Waals surface area contributed by atoms with Crippen LogP contribution in [0.15, 0.2) is 4.99 Å². The van der Waals surface area contributed by atoms with E-state index < -0.39 is 0 Å². The second-order valence-electron chi connectivity index (χ2n) is 2.87. The zero-order valence-corrected chi connectivity index (χ0v) is 10.4. The zero-order valence-electron chi connectivity index (χ0n) is 7.91. The molecule has 4 nitrogen and oxygen atoms in total. The molecule has 0 saturated carbocycles. The number of aliphatic imine (C=N–C) groups is 1. The lowest BCUT2D eigenvalue weighted by Gasteiger charge is -2.02. The van der Waals surface area contributed by atoms with E-state index in [-0.39, 0.29) is 22.9 Å². The highest BCUT2D eigenvalue weighted by atomic mass is 79.9. The zero-order chi connectivity index (χ0) is 9.56. The Kier molecular flexibility index (Phi) is 9.82. The van der Waals surface area contributed by atoms with Gasteiger partial charge in [0, 0.05) is 5.75 Å². The molecule has 0 aromatic carbocycles. The van der Waals surface area contributed by atoms with Crippen LogP contribution in [0.25, 0.3) is 0 Å². The average Bonchev–Trinajstić information content (AvgIpc) is 1.84. The predicted molar refractivity (Wildman–Crippen MR) is 65.8 cm³/mol. The van der Waals surface area contributed by atoms with Crippen LogP contribution in [0, 0.1) is 11.3 Å². The van der Waals surface area contributed by atoms with Crippen LogP contribution >= 0.6 is 28.7 Å². The van der Waals surface area contributed by atoms with Crippen molar-refractivity contribution in [2.24, 2.45) is 22.4 Å². The molecule has 0 aliphatic heterocycles. The molecular weight excluding hydrogens is 252 g/mol. The minimum Gasteiger partial charge on any atom is -0.378 e. The highest BCUT2D eigenvalue weighted by Crippen LogP contribution is 2.08. The van der Waals surface area contributed by atoms with Crippen molar-refractivity contribution in [2.45, 2.75) is 20.3 Å². The third-order valence-electron chi connectivity index (χ3n) is 1.18. The van der Waals surface area contributed by atoms with Crippen LogP contribution in [0.4, 0.5) is 0 Å². The van der Waals surface area contributed by atoms with Gasteiger partial charge in [0.1, 0.15) is 0 Å². The summed E-state index contributed by atoms with van der Waals surface area (Å²) in [6, 6.07) is 0. The molecule has 0 unspecified atom stereocenters. The maximum atomic E-state index is 6.84. The maximum absolute atomic E-state index is 6.84. The summed E-state index contributed by atoms with van der Waals surface area (Å²) in [5, 5.41) is 7.22. The highest BCUT2D eigenvalue weighted by Gasteiger charge is 1.97. The first-order valence-corrected chi connectivity index (χ1v) is 4.82. The number of nitrogens with zero attached hydrogens (tertiary/aromatic N) is 1. The van der Waals surface area contributed by atoms with Crippen molar-refractivity contribution in [1.29, 1.82) is 5.41 Å². The van der Waals surface area contributed by atoms with E-state index in [1.165, 1.54) is 11.8 Å². The van der Waals surface area contributed by atoms with Gasteiger partial charge in [-0.15, -0.1) is 17.0 Å². The standard InChI is InChI=1S/C7H16N4S.BrH/c1-5(2)3-4-12-7(10)11-6(8)9;/h5H,3-4H2,1-2H3,(H5,8,9,10,11);1H. The Labute approximate surface area is 93.8 Å². The average molecular weight is 269 g/mol. The Balaban J connectivity index is 0. The lowest BCUT2D eigenvalue weighted by Crippen LogP contribution is -2.15. The number of nitrogens with one attached hydrogen (secondary N) is 1. The van der Waals surface area contributed by atoms with Crippen LogP contribution in [-0.4, -0.2) is 16.9 Å². The molecule has 0 aromatic rings. The molecule has 0 bridgehead atoms. The number of hydrogen-bond donors (Lipinski definition) is 3. The Bertz CT molecular complexity index is 181. The molecule has 0 saturated heterocycles. The third kappa shape index (κ3) is 11.8. The monoisotopic (exact) mass is 268 g/mol. The van der Waals surface area contributed by atoms with Crippen LogP contribution < -0.4 is 11.5 Å². The van der Waals surface area contributed by atoms with Crippen molar-refractivity contribution in [3.63, 3.8) is 0 Å². The summed E-state index contributed by atoms with van der Waals surface area (Å²) in [6.07, 6.45) is 1.10. The molecule has 0 fully saturated rings. The summed E-state index contributed by atoms with van der Waals surface area (Å²) < 4.78 is 0. The Morgan fingerprint density at radius 3 is 2.38 bits per heavy atom. The van der Waals surface area contributed by atoms with Gasteiger partial charge in [-0.1, -0.05) is 25.6 Å². The lowest BCUT2D eigenvalue weighted by atomic mass is 10.2. The molecule has 0 amide bonds. The normalized spacial score (nSPS) is 11.2. The lowest BCUT2D eigenvalue weighted by molar-refractivity contribution is 0.632. The summed E-state index contributed by atoms with van der Waals surface area (Å²) >= 11 is 1.44. The molecular formula is C7H17BrN4S. The number of hydrogen-bond acceptors (Lipinski definition) is 2. The van der Waals surface area contributed by atoms with E-state index in [0.29, 0.717) is 11.1 Å². The molecule has 0 aliphatic rings. The fraction of sp³-hybridized carbons (Fsp3) is 0.714. The topological polar surface area (TPSA) is 88.2 Å². The van der Waals surface area contributed by atoms with Crippen LogP contribution in [-0.2, 0) is 0 Å². The van der Waals surface area contributed by atoms with Gasteiger partial charge in [0.25, 0.3) is 0 Å². The fourth-order valence-electron chi connectivity index (χ4n) is 0.550. The molecule has 0 aromatic heterocycles. The number of halogens is 1. The number of rotatable bonds is 3. The first-order valence-electron chi connectivity index (χ1n) is 3.83. The van der Waals surface area contributed by atoms with E-state index in [1.54, 1.807) is 0 Å². The van der Waals surface area contributed by atoms with Gasteiger partial charge in [0.2, 0.25) is 5.96 Å². The maximum Gasteiger partial charge on any atom is 0.214 e. The van der Waals surface area contributed by atoms with E-state index in [2.05, 4.69) is 18.8 Å². The summed E-state index contributed by atoms with van der Waals surface area (Å²) in [4.78, 5) is 3.59. The molecule has 6 heteroatoms. The number of guanidine groups is 1. The van der Waals surface area contributed by atoms with E-state index in [0.717, 1.165) is 12.2 Å². The van der Waals surface area contributed by atoms with Crippen molar-refractivity contribution in [3.8, 4) is 0 Å². The SMILES string of the molecule is Br.CC(C)CCSC(N)=NC(=N)N. The van der Waals surface area contributed by atoms with Crippen molar-refractivity contribution in [3.05, 3.63) is 0 Å². The second-order valence-corrected chi connectivity index (χ2v) is 3.98. The Morgan fingerprint density at radius 1 is 1.46 bits per heavy atom. The van der Waals surface area contributed by atoms with Crippen molar-refractivity contribution in [1.82, 2.24) is 0 Å². The van der Waals surface area contributed by atoms with Gasteiger partial charge in [-0.05, 0) is 12.3 Å². The van der Waals surface area contributed by atoms with Crippen LogP contribution in [0.5, 0.6) is 0 Å².